The molecule has 0 unspecified atom stereocenters. The Morgan fingerprint density at radius 2 is 1.96 bits per heavy atom. The second kappa shape index (κ2) is 8.86. The van der Waals surface area contributed by atoms with Crippen molar-refractivity contribution in [3.63, 3.8) is 0 Å². The molecule has 5 nitrogen and oxygen atoms in total. The summed E-state index contributed by atoms with van der Waals surface area (Å²) in [5, 5.41) is 7.52. The van der Waals surface area contributed by atoms with Crippen LogP contribution in [0.3, 0.4) is 0 Å². The van der Waals surface area contributed by atoms with E-state index in [-0.39, 0.29) is 18.4 Å². The lowest BCUT2D eigenvalue weighted by Gasteiger charge is -2.21. The molecule has 1 aromatic heterocycles. The molecule has 1 aliphatic heterocycles. The highest BCUT2D eigenvalue weighted by Gasteiger charge is 2.21. The van der Waals surface area contributed by atoms with E-state index in [0.29, 0.717) is 35.4 Å². The zero-order valence-electron chi connectivity index (χ0n) is 14.1. The number of hydrogen-bond acceptors (Lipinski definition) is 4. The molecule has 0 aliphatic carbocycles. The number of thiophene rings is 1. The molecular weight excluding hydrogens is 393 g/mol. The third kappa shape index (κ3) is 4.98. The number of amides is 2. The van der Waals surface area contributed by atoms with Gasteiger partial charge in [0.2, 0.25) is 5.91 Å². The fourth-order valence-electron chi connectivity index (χ4n) is 2.88. The average molecular weight is 412 g/mol. The number of anilines is 1. The summed E-state index contributed by atoms with van der Waals surface area (Å²) in [7, 11) is 0. The molecule has 2 aromatic rings. The Balaban J connectivity index is 1.52. The standard InChI is InChI=1S/C18H19Cl2N3O2S/c19-14-2-3-16(15(20)10-14)21-17(24)11-22-5-1-6-23(8-7-22)18(25)13-4-9-26-12-13/h2-4,9-10,12H,1,5-8,11H2,(H,21,24). The van der Waals surface area contributed by atoms with Gasteiger partial charge in [0.25, 0.3) is 5.91 Å². The van der Waals surface area contributed by atoms with Gasteiger partial charge in [0.1, 0.15) is 0 Å². The van der Waals surface area contributed by atoms with E-state index in [9.17, 15) is 9.59 Å². The molecule has 8 heteroatoms. The molecule has 2 amide bonds. The van der Waals surface area contributed by atoms with Crippen LogP contribution in [-0.2, 0) is 4.79 Å². The fourth-order valence-corrected chi connectivity index (χ4v) is 3.97. The van der Waals surface area contributed by atoms with Crippen molar-refractivity contribution < 1.29 is 9.59 Å². The van der Waals surface area contributed by atoms with Crippen molar-refractivity contribution in [3.8, 4) is 0 Å². The van der Waals surface area contributed by atoms with Crippen LogP contribution in [0.2, 0.25) is 10.0 Å². The lowest BCUT2D eigenvalue weighted by Crippen LogP contribution is -2.38. The highest BCUT2D eigenvalue weighted by Crippen LogP contribution is 2.25. The van der Waals surface area contributed by atoms with Crippen molar-refractivity contribution in [2.45, 2.75) is 6.42 Å². The average Bonchev–Trinajstić information content (AvgIpc) is 3.04. The maximum atomic E-state index is 12.5. The van der Waals surface area contributed by atoms with E-state index in [0.717, 1.165) is 18.5 Å². The summed E-state index contributed by atoms with van der Waals surface area (Å²) in [5.74, 6) is -0.0719. The van der Waals surface area contributed by atoms with Crippen molar-refractivity contribution in [3.05, 3.63) is 50.6 Å². The summed E-state index contributed by atoms with van der Waals surface area (Å²) in [4.78, 5) is 28.7. The summed E-state index contributed by atoms with van der Waals surface area (Å²) >= 11 is 13.5. The molecule has 1 fully saturated rings. The number of benzene rings is 1. The van der Waals surface area contributed by atoms with Gasteiger partial charge in [0, 0.05) is 36.6 Å². The lowest BCUT2D eigenvalue weighted by atomic mass is 10.3. The highest BCUT2D eigenvalue weighted by molar-refractivity contribution is 7.08. The Kier molecular flexibility index (Phi) is 6.53. The van der Waals surface area contributed by atoms with Crippen LogP contribution in [0.15, 0.2) is 35.0 Å². The van der Waals surface area contributed by atoms with Crippen molar-refractivity contribution in [1.29, 1.82) is 0 Å². The SMILES string of the molecule is O=C(CN1CCCN(C(=O)c2ccsc2)CC1)Nc1ccc(Cl)cc1Cl. The molecule has 0 bridgehead atoms. The number of nitrogens with one attached hydrogen (secondary N) is 1. The van der Waals surface area contributed by atoms with Gasteiger partial charge in [-0.3, -0.25) is 14.5 Å². The topological polar surface area (TPSA) is 52.7 Å². The van der Waals surface area contributed by atoms with Crippen LogP contribution in [0, 0.1) is 0 Å². The molecule has 2 heterocycles. The van der Waals surface area contributed by atoms with Gasteiger partial charge in [0.15, 0.2) is 0 Å². The number of carbonyl (C=O) groups excluding carboxylic acids is 2. The van der Waals surface area contributed by atoms with Crippen LogP contribution in [0.1, 0.15) is 16.8 Å². The van der Waals surface area contributed by atoms with Gasteiger partial charge >= 0.3 is 0 Å². The molecule has 0 radical (unpaired) electrons. The van der Waals surface area contributed by atoms with E-state index in [4.69, 9.17) is 23.2 Å². The van der Waals surface area contributed by atoms with E-state index in [1.165, 1.54) is 11.3 Å². The molecule has 0 saturated carbocycles. The van der Waals surface area contributed by atoms with Crippen molar-refractivity contribution >= 4 is 52.0 Å². The molecule has 1 saturated heterocycles. The quantitative estimate of drug-likeness (QED) is 0.830. The summed E-state index contributed by atoms with van der Waals surface area (Å²) < 4.78 is 0. The van der Waals surface area contributed by atoms with Gasteiger partial charge in [-0.15, -0.1) is 0 Å². The molecule has 1 aromatic carbocycles. The lowest BCUT2D eigenvalue weighted by molar-refractivity contribution is -0.117. The molecular formula is C18H19Cl2N3O2S. The van der Waals surface area contributed by atoms with Gasteiger partial charge in [-0.2, -0.15) is 11.3 Å². The first-order chi connectivity index (χ1) is 12.5. The first-order valence-corrected chi connectivity index (χ1v) is 10.0. The van der Waals surface area contributed by atoms with Gasteiger partial charge < -0.3 is 10.2 Å². The third-order valence-electron chi connectivity index (χ3n) is 4.22. The van der Waals surface area contributed by atoms with E-state index >= 15 is 0 Å². The van der Waals surface area contributed by atoms with E-state index in [1.54, 1.807) is 18.2 Å². The Bertz CT molecular complexity index is 783. The molecule has 26 heavy (non-hydrogen) atoms. The fraction of sp³-hybridized carbons (Fsp3) is 0.333. The maximum absolute atomic E-state index is 12.5. The first kappa shape index (κ1) is 19.2. The molecule has 0 spiro atoms. The van der Waals surface area contributed by atoms with Crippen LogP contribution in [0.25, 0.3) is 0 Å². The zero-order valence-corrected chi connectivity index (χ0v) is 16.4. The first-order valence-electron chi connectivity index (χ1n) is 8.31. The van der Waals surface area contributed by atoms with Crippen molar-refractivity contribution in [2.75, 3.05) is 38.0 Å². The summed E-state index contributed by atoms with van der Waals surface area (Å²) in [6, 6.07) is 6.81. The van der Waals surface area contributed by atoms with Gasteiger partial charge in [-0.05, 0) is 36.1 Å². The van der Waals surface area contributed by atoms with Gasteiger partial charge in [0.05, 0.1) is 22.8 Å². The molecule has 138 valence electrons. The van der Waals surface area contributed by atoms with E-state index < -0.39 is 0 Å². The summed E-state index contributed by atoms with van der Waals surface area (Å²) in [5.41, 5.74) is 1.28. The Morgan fingerprint density at radius 3 is 2.69 bits per heavy atom. The monoisotopic (exact) mass is 411 g/mol. The van der Waals surface area contributed by atoms with Crippen LogP contribution >= 0.6 is 34.5 Å². The van der Waals surface area contributed by atoms with Crippen molar-refractivity contribution in [1.82, 2.24) is 9.80 Å². The number of halogens is 2. The molecule has 0 atom stereocenters. The summed E-state index contributed by atoms with van der Waals surface area (Å²) in [6.45, 7) is 3.02. The number of nitrogens with zero attached hydrogens (tertiary/aromatic N) is 2. The van der Waals surface area contributed by atoms with Crippen LogP contribution < -0.4 is 5.32 Å². The van der Waals surface area contributed by atoms with Crippen molar-refractivity contribution in [2.24, 2.45) is 0 Å². The highest BCUT2D eigenvalue weighted by atomic mass is 35.5. The number of hydrogen-bond donors (Lipinski definition) is 1. The second-order valence-electron chi connectivity index (χ2n) is 6.11. The van der Waals surface area contributed by atoms with Gasteiger partial charge in [-0.1, -0.05) is 23.2 Å². The number of rotatable bonds is 4. The largest absolute Gasteiger partial charge is 0.337 e. The third-order valence-corrected chi connectivity index (χ3v) is 5.45. The van der Waals surface area contributed by atoms with Crippen LogP contribution in [0.4, 0.5) is 5.69 Å². The van der Waals surface area contributed by atoms with Crippen LogP contribution in [-0.4, -0.2) is 54.3 Å². The minimum atomic E-state index is -0.133. The van der Waals surface area contributed by atoms with E-state index in [1.807, 2.05) is 21.7 Å². The van der Waals surface area contributed by atoms with E-state index in [2.05, 4.69) is 10.2 Å². The van der Waals surface area contributed by atoms with Crippen LogP contribution in [0.5, 0.6) is 0 Å². The predicted molar refractivity (Wildman–Crippen MR) is 106 cm³/mol. The zero-order chi connectivity index (χ0) is 18.5. The molecule has 1 N–H and O–H groups in total. The minimum absolute atomic E-state index is 0.0606. The normalized spacial score (nSPS) is 15.5. The predicted octanol–water partition coefficient (Wildman–Crippen LogP) is 3.84. The number of carbonyl (C=O) groups is 2. The maximum Gasteiger partial charge on any atom is 0.254 e. The Morgan fingerprint density at radius 1 is 1.12 bits per heavy atom. The minimum Gasteiger partial charge on any atom is -0.337 e. The molecule has 1 aliphatic rings. The Hall–Kier alpha value is -1.60. The second-order valence-corrected chi connectivity index (χ2v) is 7.73. The molecule has 3 rings (SSSR count). The van der Waals surface area contributed by atoms with Gasteiger partial charge in [-0.25, -0.2) is 0 Å². The smallest absolute Gasteiger partial charge is 0.254 e. The Labute approximate surface area is 166 Å². The summed E-state index contributed by atoms with van der Waals surface area (Å²) in [6.07, 6.45) is 0.838.